The summed E-state index contributed by atoms with van der Waals surface area (Å²) in [6, 6.07) is 7.27. The number of amides is 2. The summed E-state index contributed by atoms with van der Waals surface area (Å²) in [7, 11) is 0. The molecule has 2 heterocycles. The summed E-state index contributed by atoms with van der Waals surface area (Å²) in [5.41, 5.74) is 2.29. The number of nitrogens with one attached hydrogen (secondary N) is 2. The molecule has 0 saturated carbocycles. The molecule has 0 aliphatic carbocycles. The van der Waals surface area contributed by atoms with Crippen LogP contribution in [-0.4, -0.2) is 32.2 Å². The minimum atomic E-state index is -0.874. The molecule has 0 fully saturated rings. The van der Waals surface area contributed by atoms with Crippen molar-refractivity contribution >= 4 is 17.7 Å². The standard InChI is InChI=1S/C20H26N4O3/c1-20(2,10-9-17(25)26)23-19(27)22-15-7-5-6-14(12-15)18-21-13-16-8-3-4-11-24(16)18/h5-7,12-13H,3-4,8-11H2,1-2H3,(H,25,26)(H2,22,23,27). The fourth-order valence-corrected chi connectivity index (χ4v) is 3.35. The van der Waals surface area contributed by atoms with E-state index in [1.165, 1.54) is 12.1 Å². The van der Waals surface area contributed by atoms with Crippen molar-refractivity contribution in [3.8, 4) is 11.4 Å². The highest BCUT2D eigenvalue weighted by atomic mass is 16.4. The third-order valence-electron chi connectivity index (χ3n) is 4.80. The van der Waals surface area contributed by atoms with Gasteiger partial charge in [0.15, 0.2) is 0 Å². The van der Waals surface area contributed by atoms with Crippen LogP contribution in [0.25, 0.3) is 11.4 Å². The molecule has 144 valence electrons. The molecule has 2 aromatic rings. The Labute approximate surface area is 158 Å². The number of aromatic nitrogens is 2. The number of urea groups is 1. The van der Waals surface area contributed by atoms with E-state index in [-0.39, 0.29) is 12.5 Å². The van der Waals surface area contributed by atoms with Gasteiger partial charge in [-0.3, -0.25) is 4.79 Å². The monoisotopic (exact) mass is 370 g/mol. The van der Waals surface area contributed by atoms with E-state index in [4.69, 9.17) is 5.11 Å². The van der Waals surface area contributed by atoms with Crippen molar-refractivity contribution in [1.82, 2.24) is 14.9 Å². The van der Waals surface area contributed by atoms with E-state index in [1.54, 1.807) is 0 Å². The SMILES string of the molecule is CC(C)(CCC(=O)O)NC(=O)Nc1cccc(-c2ncc3n2CCCC3)c1. The number of hydrogen-bond acceptors (Lipinski definition) is 3. The fourth-order valence-electron chi connectivity index (χ4n) is 3.35. The summed E-state index contributed by atoms with van der Waals surface area (Å²) in [5.74, 6) is 0.0524. The number of imidazole rings is 1. The first-order valence-electron chi connectivity index (χ1n) is 9.30. The van der Waals surface area contributed by atoms with Gasteiger partial charge in [0.2, 0.25) is 0 Å². The Bertz CT molecular complexity index is 842. The maximum atomic E-state index is 12.3. The number of carboxylic acids is 1. The Hall–Kier alpha value is -2.83. The number of anilines is 1. The van der Waals surface area contributed by atoms with Gasteiger partial charge in [-0.2, -0.15) is 0 Å². The highest BCUT2D eigenvalue weighted by Crippen LogP contribution is 2.26. The van der Waals surface area contributed by atoms with Gasteiger partial charge in [0.1, 0.15) is 5.82 Å². The first-order chi connectivity index (χ1) is 12.8. The minimum Gasteiger partial charge on any atom is -0.481 e. The van der Waals surface area contributed by atoms with E-state index in [1.807, 2.05) is 44.3 Å². The fraction of sp³-hybridized carbons (Fsp3) is 0.450. The summed E-state index contributed by atoms with van der Waals surface area (Å²) in [6.45, 7) is 4.59. The Morgan fingerprint density at radius 3 is 2.89 bits per heavy atom. The summed E-state index contributed by atoms with van der Waals surface area (Å²) >= 11 is 0. The van der Waals surface area contributed by atoms with Crippen LogP contribution in [0.4, 0.5) is 10.5 Å². The summed E-state index contributed by atoms with van der Waals surface area (Å²) in [6.07, 6.45) is 5.71. The van der Waals surface area contributed by atoms with Gasteiger partial charge in [-0.15, -0.1) is 0 Å². The van der Waals surface area contributed by atoms with Crippen molar-refractivity contribution in [1.29, 1.82) is 0 Å². The molecule has 1 aromatic carbocycles. The molecule has 0 bridgehead atoms. The molecule has 2 amide bonds. The lowest BCUT2D eigenvalue weighted by Gasteiger charge is -2.25. The third kappa shape index (κ3) is 4.87. The molecule has 0 atom stereocenters. The van der Waals surface area contributed by atoms with E-state index < -0.39 is 11.5 Å². The Morgan fingerprint density at radius 1 is 1.30 bits per heavy atom. The Balaban J connectivity index is 1.68. The second kappa shape index (κ2) is 7.82. The van der Waals surface area contributed by atoms with Gasteiger partial charge in [-0.1, -0.05) is 12.1 Å². The van der Waals surface area contributed by atoms with Crippen molar-refractivity contribution in [3.63, 3.8) is 0 Å². The van der Waals surface area contributed by atoms with Crippen molar-refractivity contribution in [2.24, 2.45) is 0 Å². The highest BCUT2D eigenvalue weighted by molar-refractivity contribution is 5.90. The molecule has 7 heteroatoms. The number of hydrogen-bond donors (Lipinski definition) is 3. The van der Waals surface area contributed by atoms with Crippen molar-refractivity contribution < 1.29 is 14.7 Å². The molecular weight excluding hydrogens is 344 g/mol. The molecule has 0 saturated heterocycles. The van der Waals surface area contributed by atoms with E-state index in [0.29, 0.717) is 12.1 Å². The zero-order valence-electron chi connectivity index (χ0n) is 15.8. The zero-order chi connectivity index (χ0) is 19.4. The van der Waals surface area contributed by atoms with E-state index >= 15 is 0 Å². The summed E-state index contributed by atoms with van der Waals surface area (Å²) in [4.78, 5) is 27.6. The lowest BCUT2D eigenvalue weighted by molar-refractivity contribution is -0.137. The van der Waals surface area contributed by atoms with Gasteiger partial charge in [0.05, 0.1) is 0 Å². The number of aryl methyl sites for hydroxylation is 1. The van der Waals surface area contributed by atoms with Crippen LogP contribution in [0.2, 0.25) is 0 Å². The molecule has 0 spiro atoms. The number of aliphatic carboxylic acids is 1. The van der Waals surface area contributed by atoms with Crippen molar-refractivity contribution in [2.75, 3.05) is 5.32 Å². The average Bonchev–Trinajstić information content (AvgIpc) is 3.04. The molecule has 1 aliphatic rings. The Kier molecular flexibility index (Phi) is 5.48. The molecule has 0 unspecified atom stereocenters. The zero-order valence-corrected chi connectivity index (χ0v) is 15.8. The summed E-state index contributed by atoms with van der Waals surface area (Å²) in [5, 5.41) is 14.5. The number of nitrogens with zero attached hydrogens (tertiary/aromatic N) is 2. The van der Waals surface area contributed by atoms with Crippen molar-refractivity contribution in [2.45, 2.75) is 58.0 Å². The largest absolute Gasteiger partial charge is 0.481 e. The predicted octanol–water partition coefficient (Wildman–Crippen LogP) is 3.65. The lowest BCUT2D eigenvalue weighted by atomic mass is 9.99. The maximum Gasteiger partial charge on any atom is 0.319 e. The molecular formula is C20H26N4O3. The Morgan fingerprint density at radius 2 is 2.11 bits per heavy atom. The van der Waals surface area contributed by atoms with Gasteiger partial charge in [-0.05, 0) is 51.7 Å². The van der Waals surface area contributed by atoms with Crippen LogP contribution in [-0.2, 0) is 17.8 Å². The highest BCUT2D eigenvalue weighted by Gasteiger charge is 2.22. The van der Waals surface area contributed by atoms with E-state index in [2.05, 4.69) is 20.2 Å². The number of rotatable bonds is 6. The van der Waals surface area contributed by atoms with Gasteiger partial charge >= 0.3 is 12.0 Å². The van der Waals surface area contributed by atoms with Crippen LogP contribution < -0.4 is 10.6 Å². The van der Waals surface area contributed by atoms with Gasteiger partial charge < -0.3 is 20.3 Å². The minimum absolute atomic E-state index is 0.00770. The molecule has 27 heavy (non-hydrogen) atoms. The van der Waals surface area contributed by atoms with Gasteiger partial charge in [0.25, 0.3) is 0 Å². The first kappa shape index (κ1) is 18.9. The maximum absolute atomic E-state index is 12.3. The van der Waals surface area contributed by atoms with Gasteiger partial charge in [0, 0.05) is 41.6 Å². The first-order valence-corrected chi connectivity index (χ1v) is 9.30. The lowest BCUT2D eigenvalue weighted by Crippen LogP contribution is -2.45. The number of carboxylic acid groups (broad SMARTS) is 1. The van der Waals surface area contributed by atoms with E-state index in [9.17, 15) is 9.59 Å². The molecule has 0 radical (unpaired) electrons. The molecule has 1 aromatic heterocycles. The predicted molar refractivity (Wildman–Crippen MR) is 104 cm³/mol. The second-order valence-corrected chi connectivity index (χ2v) is 7.62. The quantitative estimate of drug-likeness (QED) is 0.723. The third-order valence-corrected chi connectivity index (χ3v) is 4.80. The molecule has 3 rings (SSSR count). The van der Waals surface area contributed by atoms with Crippen LogP contribution in [0, 0.1) is 0 Å². The van der Waals surface area contributed by atoms with Crippen molar-refractivity contribution in [3.05, 3.63) is 36.2 Å². The van der Waals surface area contributed by atoms with Crippen LogP contribution in [0.3, 0.4) is 0 Å². The molecule has 1 aliphatic heterocycles. The van der Waals surface area contributed by atoms with Gasteiger partial charge in [-0.25, -0.2) is 9.78 Å². The number of carbonyl (C=O) groups excluding carboxylic acids is 1. The number of benzene rings is 1. The van der Waals surface area contributed by atoms with Crippen LogP contribution >= 0.6 is 0 Å². The normalized spacial score (nSPS) is 13.7. The van der Waals surface area contributed by atoms with Crippen LogP contribution in [0.1, 0.15) is 45.2 Å². The molecule has 7 nitrogen and oxygen atoms in total. The summed E-state index contributed by atoms with van der Waals surface area (Å²) < 4.78 is 2.25. The number of fused-ring (bicyclic) bond motifs is 1. The second-order valence-electron chi connectivity index (χ2n) is 7.62. The van der Waals surface area contributed by atoms with Crippen LogP contribution in [0.5, 0.6) is 0 Å². The average molecular weight is 370 g/mol. The smallest absolute Gasteiger partial charge is 0.319 e. The van der Waals surface area contributed by atoms with Crippen LogP contribution in [0.15, 0.2) is 30.5 Å². The number of carbonyl (C=O) groups is 2. The topological polar surface area (TPSA) is 96.2 Å². The van der Waals surface area contributed by atoms with E-state index in [0.717, 1.165) is 30.8 Å². The molecule has 3 N–H and O–H groups in total.